The number of aliphatic hydroxyl groups excluding tert-OH is 1. The van der Waals surface area contributed by atoms with Crippen LogP contribution in [0, 0.1) is 0 Å². The van der Waals surface area contributed by atoms with Crippen molar-refractivity contribution in [2.75, 3.05) is 6.61 Å². The summed E-state index contributed by atoms with van der Waals surface area (Å²) in [5.74, 6) is -0.349. The lowest BCUT2D eigenvalue weighted by Gasteiger charge is -2.50. The third-order valence-electron chi connectivity index (χ3n) is 13.6. The number of rotatable bonds is 20. The minimum atomic E-state index is -1.96. The molecule has 13 nitrogen and oxygen atoms in total. The smallest absolute Gasteiger partial charge is 0.306 e. The van der Waals surface area contributed by atoms with Crippen molar-refractivity contribution in [2.45, 2.75) is 278 Å². The number of hydrogen-bond donors (Lipinski definition) is 3. The topological polar surface area (TPSA) is 172 Å². The first kappa shape index (κ1) is 64.9. The van der Waals surface area contributed by atoms with E-state index in [1.807, 2.05) is 67.5 Å². The lowest BCUT2D eigenvalue weighted by Crippen LogP contribution is -2.60. The fourth-order valence-corrected chi connectivity index (χ4v) is 10.8. The summed E-state index contributed by atoms with van der Waals surface area (Å²) in [6.45, 7) is 42.8. The Morgan fingerprint density at radius 2 is 0.836 bits per heavy atom. The first-order chi connectivity index (χ1) is 30.2. The number of ether oxygens (including phenoxy) is 2. The van der Waals surface area contributed by atoms with Gasteiger partial charge in [0.25, 0.3) is 0 Å². The van der Waals surface area contributed by atoms with Crippen molar-refractivity contribution in [1.29, 1.82) is 0 Å². The van der Waals surface area contributed by atoms with Crippen LogP contribution in [-0.2, 0) is 37.5 Å². The number of hydrogen-bond acceptors (Lipinski definition) is 13. The number of piperidine rings is 2. The fraction of sp³-hybridized carbons (Fsp3) is 0.846. The van der Waals surface area contributed by atoms with Gasteiger partial charge in [-0.15, -0.1) is 0 Å². The molecular weight excluding hydrogens is 885 g/mol. The highest BCUT2D eigenvalue weighted by atomic mass is 28.4. The van der Waals surface area contributed by atoms with Gasteiger partial charge in [0, 0.05) is 67.3 Å². The summed E-state index contributed by atoms with van der Waals surface area (Å²) in [6, 6.07) is 0. The minimum absolute atomic E-state index is 0.0113. The quantitative estimate of drug-likeness (QED) is 0.0456. The average Bonchev–Trinajstić information content (AvgIpc) is 3.13. The molecule has 2 fully saturated rings. The Kier molecular flexibility index (Phi) is 26.1. The number of allylic oxidation sites excluding steroid dienone is 2. The van der Waals surface area contributed by atoms with Crippen LogP contribution in [0.3, 0.4) is 0 Å². The van der Waals surface area contributed by atoms with Crippen molar-refractivity contribution in [3.8, 4) is 0 Å². The predicted molar refractivity (Wildman–Crippen MR) is 275 cm³/mol. The van der Waals surface area contributed by atoms with Gasteiger partial charge in [0.05, 0.1) is 12.2 Å². The summed E-state index contributed by atoms with van der Waals surface area (Å²) in [6.07, 6.45) is 14.1. The third kappa shape index (κ3) is 23.6. The SMILES string of the molecule is CC(=O)/C=C/C(CCCCC(=O)OC1CC(C)(C)N(O)C(C)(C)C1)O[Si](C)(C)C(C)(C)C.CC(=O)/C=C/C(CCCCC(=O)OC1CC(C)(C)N(O)C(C)(C)C1)O[Si](C)(C)C(C)(C)C.CCO. The molecule has 0 spiro atoms. The van der Waals surface area contributed by atoms with Crippen molar-refractivity contribution in [1.82, 2.24) is 10.1 Å². The van der Waals surface area contributed by atoms with Crippen LogP contribution >= 0.6 is 0 Å². The van der Waals surface area contributed by atoms with Gasteiger partial charge < -0.3 is 33.8 Å². The molecule has 2 aliphatic rings. The van der Waals surface area contributed by atoms with Crippen LogP contribution < -0.4 is 0 Å². The molecule has 67 heavy (non-hydrogen) atoms. The second kappa shape index (κ2) is 26.9. The van der Waals surface area contributed by atoms with Gasteiger partial charge in [-0.2, -0.15) is 10.1 Å². The summed E-state index contributed by atoms with van der Waals surface area (Å²) in [4.78, 5) is 47.7. The van der Waals surface area contributed by atoms with E-state index in [9.17, 15) is 29.6 Å². The first-order valence-corrected chi connectivity index (χ1v) is 30.7. The molecule has 0 saturated carbocycles. The standard InChI is InChI=1S/2C25H47NO5Si.C2H6O/c2*1-19(27)15-16-20(31-32(9,10)23(2,3)4)13-11-12-14-22(28)30-21-17-24(5,6)26(29)25(7,8)18-21;1-2-3/h2*15-16,20-21,29H,11-14,17-18H2,1-10H3;3H,2H2,1H3/b2*16-15+;. The molecular formula is C52H100N2O11Si2. The van der Waals surface area contributed by atoms with E-state index in [-0.39, 0.29) is 64.6 Å². The van der Waals surface area contributed by atoms with E-state index in [0.717, 1.165) is 38.5 Å². The van der Waals surface area contributed by atoms with Gasteiger partial charge in [0.1, 0.15) is 12.2 Å². The number of unbranched alkanes of at least 4 members (excludes halogenated alkanes) is 2. The zero-order valence-corrected chi connectivity index (χ0v) is 48.3. The molecule has 2 aliphatic heterocycles. The molecule has 0 aromatic carbocycles. The fourth-order valence-electron chi connectivity index (χ4n) is 8.23. The van der Waals surface area contributed by atoms with Crippen LogP contribution in [0.1, 0.15) is 195 Å². The number of ketones is 2. The van der Waals surface area contributed by atoms with Crippen molar-refractivity contribution in [3.63, 3.8) is 0 Å². The highest BCUT2D eigenvalue weighted by Crippen LogP contribution is 2.41. The Balaban J connectivity index is 0.00000123. The molecule has 0 aromatic heterocycles. The molecule has 392 valence electrons. The number of carbonyl (C=O) groups is 4. The number of hydroxylamine groups is 4. The van der Waals surface area contributed by atoms with E-state index >= 15 is 0 Å². The van der Waals surface area contributed by atoms with E-state index in [1.165, 1.54) is 10.1 Å². The first-order valence-electron chi connectivity index (χ1n) is 24.9. The predicted octanol–water partition coefficient (Wildman–Crippen LogP) is 12.1. The van der Waals surface area contributed by atoms with Gasteiger partial charge in [-0.1, -0.05) is 66.5 Å². The minimum Gasteiger partial charge on any atom is -0.462 e. The van der Waals surface area contributed by atoms with Crippen LogP contribution in [-0.4, -0.2) is 119 Å². The van der Waals surface area contributed by atoms with E-state index in [4.69, 9.17) is 23.4 Å². The summed E-state index contributed by atoms with van der Waals surface area (Å²) in [5, 5.41) is 31.3. The van der Waals surface area contributed by atoms with Gasteiger partial charge >= 0.3 is 11.9 Å². The molecule has 0 amide bonds. The van der Waals surface area contributed by atoms with Gasteiger partial charge in [-0.05, 0) is 150 Å². The molecule has 3 N–H and O–H groups in total. The van der Waals surface area contributed by atoms with Gasteiger partial charge in [0.2, 0.25) is 0 Å². The normalized spacial score (nSPS) is 20.3. The Morgan fingerprint density at radius 1 is 0.582 bits per heavy atom. The zero-order valence-electron chi connectivity index (χ0n) is 46.3. The second-order valence-electron chi connectivity index (χ2n) is 24.5. The molecule has 15 heteroatoms. The maximum Gasteiger partial charge on any atom is 0.306 e. The van der Waals surface area contributed by atoms with Crippen LogP contribution in [0.5, 0.6) is 0 Å². The summed E-state index contributed by atoms with van der Waals surface area (Å²) in [7, 11) is -3.93. The van der Waals surface area contributed by atoms with E-state index < -0.39 is 38.8 Å². The van der Waals surface area contributed by atoms with E-state index in [0.29, 0.717) is 38.5 Å². The van der Waals surface area contributed by atoms with Crippen molar-refractivity contribution >= 4 is 40.1 Å². The lowest BCUT2D eigenvalue weighted by molar-refractivity contribution is -0.259. The van der Waals surface area contributed by atoms with Gasteiger partial charge in [-0.3, -0.25) is 19.2 Å². The van der Waals surface area contributed by atoms with Crippen LogP contribution in [0.2, 0.25) is 36.3 Å². The largest absolute Gasteiger partial charge is 0.462 e. The molecule has 2 unspecified atom stereocenters. The highest BCUT2D eigenvalue weighted by molar-refractivity contribution is 6.74. The number of aliphatic hydroxyl groups is 1. The molecule has 2 saturated heterocycles. The Hall–Kier alpha value is -2.09. The molecule has 0 bridgehead atoms. The Morgan fingerprint density at radius 3 is 1.06 bits per heavy atom. The molecule has 0 aliphatic carbocycles. The lowest BCUT2D eigenvalue weighted by atomic mass is 9.80. The maximum atomic E-state index is 12.5. The summed E-state index contributed by atoms with van der Waals surface area (Å²) >= 11 is 0. The van der Waals surface area contributed by atoms with Gasteiger partial charge in [-0.25, -0.2) is 0 Å². The molecule has 2 heterocycles. The highest BCUT2D eigenvalue weighted by Gasteiger charge is 2.48. The zero-order chi connectivity index (χ0) is 52.6. The van der Waals surface area contributed by atoms with Crippen molar-refractivity contribution in [3.05, 3.63) is 24.3 Å². The molecule has 2 atom stereocenters. The van der Waals surface area contributed by atoms with Crippen molar-refractivity contribution in [2.24, 2.45) is 0 Å². The van der Waals surface area contributed by atoms with Crippen LogP contribution in [0.25, 0.3) is 0 Å². The number of esters is 2. The second-order valence-corrected chi connectivity index (χ2v) is 34.0. The van der Waals surface area contributed by atoms with E-state index in [2.05, 4.69) is 67.7 Å². The average molecular weight is 986 g/mol. The Bertz CT molecular complexity index is 1460. The number of carbonyl (C=O) groups excluding carboxylic acids is 4. The van der Waals surface area contributed by atoms with E-state index in [1.54, 1.807) is 32.9 Å². The third-order valence-corrected chi connectivity index (χ3v) is 22.6. The molecule has 2 rings (SSSR count). The maximum absolute atomic E-state index is 12.5. The Labute approximate surface area is 410 Å². The number of nitrogens with zero attached hydrogens (tertiary/aromatic N) is 2. The van der Waals surface area contributed by atoms with Crippen LogP contribution in [0.4, 0.5) is 0 Å². The van der Waals surface area contributed by atoms with Crippen LogP contribution in [0.15, 0.2) is 24.3 Å². The molecule has 0 aromatic rings. The summed E-state index contributed by atoms with van der Waals surface area (Å²) < 4.78 is 24.5. The summed E-state index contributed by atoms with van der Waals surface area (Å²) in [5.41, 5.74) is -1.76. The molecule has 0 radical (unpaired) electrons. The van der Waals surface area contributed by atoms with Gasteiger partial charge in [0.15, 0.2) is 28.2 Å². The van der Waals surface area contributed by atoms with Crippen molar-refractivity contribution < 1.29 is 53.0 Å². The monoisotopic (exact) mass is 985 g/mol.